The number of aliphatic hydroxyl groups is 1. The number of benzene rings is 1. The topological polar surface area (TPSA) is 69.6 Å². The van der Waals surface area contributed by atoms with Crippen LogP contribution in [-0.2, 0) is 4.79 Å². The highest BCUT2D eigenvalue weighted by atomic mass is 19.1. The number of rotatable bonds is 5. The zero-order chi connectivity index (χ0) is 16.2. The Morgan fingerprint density at radius 3 is 2.48 bits per heavy atom. The third kappa shape index (κ3) is 4.82. The van der Waals surface area contributed by atoms with Crippen molar-refractivity contribution in [3.63, 3.8) is 0 Å². The van der Waals surface area contributed by atoms with Crippen molar-refractivity contribution < 1.29 is 19.1 Å². The Morgan fingerprint density at radius 1 is 1.33 bits per heavy atom. The Morgan fingerprint density at radius 2 is 1.95 bits per heavy atom. The summed E-state index contributed by atoms with van der Waals surface area (Å²) in [6.45, 7) is 3.62. The maximum Gasteiger partial charge on any atom is 0.256 e. The molecule has 5 nitrogen and oxygen atoms in total. The van der Waals surface area contributed by atoms with Crippen molar-refractivity contribution in [2.24, 2.45) is 5.92 Å². The molecule has 0 saturated heterocycles. The smallest absolute Gasteiger partial charge is 0.256 e. The van der Waals surface area contributed by atoms with Crippen LogP contribution in [0.5, 0.6) is 0 Å². The van der Waals surface area contributed by atoms with Crippen molar-refractivity contribution in [3.05, 3.63) is 29.6 Å². The van der Waals surface area contributed by atoms with E-state index in [9.17, 15) is 19.1 Å². The molecular weight excluding hydrogens is 275 g/mol. The van der Waals surface area contributed by atoms with E-state index in [1.165, 1.54) is 31.1 Å². The summed E-state index contributed by atoms with van der Waals surface area (Å²) < 4.78 is 13.6. The third-order valence-electron chi connectivity index (χ3n) is 3.05. The van der Waals surface area contributed by atoms with Gasteiger partial charge in [0.05, 0.1) is 18.1 Å². The minimum atomic E-state index is -0.742. The minimum absolute atomic E-state index is 0.0325. The molecule has 0 aliphatic rings. The highest BCUT2D eigenvalue weighted by Crippen LogP contribution is 2.17. The van der Waals surface area contributed by atoms with Crippen molar-refractivity contribution in [2.45, 2.75) is 26.4 Å². The SMILES string of the molecule is CC(C)C(O)CC(=O)Nc1ccc(F)c(C(=O)N(C)C)c1. The number of halogens is 1. The molecule has 1 rings (SSSR count). The van der Waals surface area contributed by atoms with Crippen molar-refractivity contribution >= 4 is 17.5 Å². The predicted molar refractivity (Wildman–Crippen MR) is 78.5 cm³/mol. The van der Waals surface area contributed by atoms with E-state index in [-0.39, 0.29) is 23.8 Å². The molecule has 0 aliphatic heterocycles. The van der Waals surface area contributed by atoms with Crippen LogP contribution in [0.2, 0.25) is 0 Å². The standard InChI is InChI=1S/C15H21FN2O3/c1-9(2)13(19)8-14(20)17-10-5-6-12(16)11(7-10)15(21)18(3)4/h5-7,9,13,19H,8H2,1-4H3,(H,17,20). The normalized spacial score (nSPS) is 12.1. The molecule has 0 spiro atoms. The van der Waals surface area contributed by atoms with Gasteiger partial charge in [-0.3, -0.25) is 9.59 Å². The van der Waals surface area contributed by atoms with E-state index >= 15 is 0 Å². The fourth-order valence-electron chi connectivity index (χ4n) is 1.65. The molecule has 21 heavy (non-hydrogen) atoms. The van der Waals surface area contributed by atoms with E-state index in [1.54, 1.807) is 0 Å². The van der Waals surface area contributed by atoms with Gasteiger partial charge >= 0.3 is 0 Å². The zero-order valence-electron chi connectivity index (χ0n) is 12.7. The van der Waals surface area contributed by atoms with Gasteiger partial charge in [0, 0.05) is 19.8 Å². The Hall–Kier alpha value is -1.95. The quantitative estimate of drug-likeness (QED) is 0.871. The molecule has 0 bridgehead atoms. The summed E-state index contributed by atoms with van der Waals surface area (Å²) in [6, 6.07) is 3.80. The average Bonchev–Trinajstić information content (AvgIpc) is 2.39. The summed E-state index contributed by atoms with van der Waals surface area (Å²) in [7, 11) is 3.04. The van der Waals surface area contributed by atoms with Crippen LogP contribution in [0.1, 0.15) is 30.6 Å². The second-order valence-electron chi connectivity index (χ2n) is 5.46. The van der Waals surface area contributed by atoms with Gasteiger partial charge in [-0.2, -0.15) is 0 Å². The van der Waals surface area contributed by atoms with Crippen LogP contribution >= 0.6 is 0 Å². The van der Waals surface area contributed by atoms with E-state index in [1.807, 2.05) is 13.8 Å². The Balaban J connectivity index is 2.83. The first-order chi connectivity index (χ1) is 9.72. The summed E-state index contributed by atoms with van der Waals surface area (Å²) in [6.07, 6.45) is -0.792. The molecule has 1 unspecified atom stereocenters. The number of hydrogen-bond donors (Lipinski definition) is 2. The number of anilines is 1. The van der Waals surface area contributed by atoms with Gasteiger partial charge in [-0.1, -0.05) is 13.8 Å². The number of carbonyl (C=O) groups excluding carboxylic acids is 2. The van der Waals surface area contributed by atoms with Crippen molar-refractivity contribution in [1.29, 1.82) is 0 Å². The predicted octanol–water partition coefficient (Wildman–Crippen LogP) is 1.87. The Kier molecular flexibility index (Phi) is 5.84. The first kappa shape index (κ1) is 17.1. The number of carbonyl (C=O) groups is 2. The van der Waals surface area contributed by atoms with Crippen LogP contribution in [0.25, 0.3) is 0 Å². The lowest BCUT2D eigenvalue weighted by molar-refractivity contribution is -0.118. The number of amides is 2. The molecule has 2 amide bonds. The van der Waals surface area contributed by atoms with Gasteiger partial charge in [-0.25, -0.2) is 4.39 Å². The van der Waals surface area contributed by atoms with Gasteiger partial charge in [-0.05, 0) is 24.1 Å². The fraction of sp³-hybridized carbons (Fsp3) is 0.467. The van der Waals surface area contributed by atoms with Crippen LogP contribution < -0.4 is 5.32 Å². The zero-order valence-corrected chi connectivity index (χ0v) is 12.7. The lowest BCUT2D eigenvalue weighted by atomic mass is 10.0. The molecular formula is C15H21FN2O3. The first-order valence-corrected chi connectivity index (χ1v) is 6.71. The monoisotopic (exact) mass is 296 g/mol. The molecule has 1 aromatic rings. The maximum absolute atomic E-state index is 13.6. The van der Waals surface area contributed by atoms with E-state index in [0.29, 0.717) is 5.69 Å². The van der Waals surface area contributed by atoms with Crippen LogP contribution in [-0.4, -0.2) is 42.0 Å². The second kappa shape index (κ2) is 7.17. The van der Waals surface area contributed by atoms with Crippen molar-refractivity contribution in [1.82, 2.24) is 4.90 Å². The lowest BCUT2D eigenvalue weighted by Gasteiger charge is -2.15. The third-order valence-corrected chi connectivity index (χ3v) is 3.05. The van der Waals surface area contributed by atoms with Gasteiger partial charge in [0.1, 0.15) is 5.82 Å². The molecule has 1 atom stereocenters. The van der Waals surface area contributed by atoms with Crippen LogP contribution in [0.15, 0.2) is 18.2 Å². The van der Waals surface area contributed by atoms with Gasteiger partial charge in [0.15, 0.2) is 0 Å². The molecule has 2 N–H and O–H groups in total. The molecule has 0 radical (unpaired) electrons. The van der Waals surface area contributed by atoms with Crippen LogP contribution in [0, 0.1) is 11.7 Å². The molecule has 0 fully saturated rings. The summed E-state index contributed by atoms with van der Waals surface area (Å²) in [4.78, 5) is 24.8. The summed E-state index contributed by atoms with van der Waals surface area (Å²) in [5, 5.41) is 12.2. The van der Waals surface area contributed by atoms with Crippen molar-refractivity contribution in [3.8, 4) is 0 Å². The number of nitrogens with one attached hydrogen (secondary N) is 1. The summed E-state index contributed by atoms with van der Waals surface area (Å²) >= 11 is 0. The van der Waals surface area contributed by atoms with Gasteiger partial charge in [0.2, 0.25) is 5.91 Å². The van der Waals surface area contributed by atoms with E-state index in [0.717, 1.165) is 6.07 Å². The molecule has 0 aromatic heterocycles. The molecule has 0 aliphatic carbocycles. The average molecular weight is 296 g/mol. The van der Waals surface area contributed by atoms with Crippen LogP contribution in [0.3, 0.4) is 0 Å². The number of nitrogens with zero attached hydrogens (tertiary/aromatic N) is 1. The number of hydrogen-bond acceptors (Lipinski definition) is 3. The van der Waals surface area contributed by atoms with Gasteiger partial charge in [-0.15, -0.1) is 0 Å². The Labute approximate surface area is 123 Å². The van der Waals surface area contributed by atoms with Gasteiger partial charge in [0.25, 0.3) is 5.91 Å². The highest BCUT2D eigenvalue weighted by molar-refractivity contribution is 5.97. The minimum Gasteiger partial charge on any atom is -0.392 e. The largest absolute Gasteiger partial charge is 0.392 e. The Bertz CT molecular complexity index is 530. The summed E-state index contributed by atoms with van der Waals surface area (Å²) in [5.74, 6) is -1.54. The number of aliphatic hydroxyl groups excluding tert-OH is 1. The second-order valence-corrected chi connectivity index (χ2v) is 5.46. The molecule has 0 heterocycles. The molecule has 1 aromatic carbocycles. The van der Waals surface area contributed by atoms with Crippen LogP contribution in [0.4, 0.5) is 10.1 Å². The first-order valence-electron chi connectivity index (χ1n) is 6.71. The van der Waals surface area contributed by atoms with E-state index < -0.39 is 17.8 Å². The van der Waals surface area contributed by atoms with E-state index in [4.69, 9.17) is 0 Å². The summed E-state index contributed by atoms with van der Waals surface area (Å²) in [5.41, 5.74) is 0.213. The van der Waals surface area contributed by atoms with E-state index in [2.05, 4.69) is 5.32 Å². The lowest BCUT2D eigenvalue weighted by Crippen LogP contribution is -2.25. The van der Waals surface area contributed by atoms with Gasteiger partial charge < -0.3 is 15.3 Å². The van der Waals surface area contributed by atoms with Crippen molar-refractivity contribution in [2.75, 3.05) is 19.4 Å². The molecule has 6 heteroatoms. The fourth-order valence-corrected chi connectivity index (χ4v) is 1.65. The molecule has 0 saturated carbocycles. The molecule has 116 valence electrons. The maximum atomic E-state index is 13.6. The highest BCUT2D eigenvalue weighted by Gasteiger charge is 2.17.